The highest BCUT2D eigenvalue weighted by Gasteiger charge is 2.48. The van der Waals surface area contributed by atoms with Crippen LogP contribution < -0.4 is 5.32 Å². The van der Waals surface area contributed by atoms with Gasteiger partial charge in [-0.25, -0.2) is 16.8 Å². The van der Waals surface area contributed by atoms with E-state index in [0.717, 1.165) is 25.9 Å². The Labute approximate surface area is 161 Å². The third-order valence-corrected chi connectivity index (χ3v) is 9.60. The van der Waals surface area contributed by atoms with Crippen LogP contribution in [-0.2, 0) is 24.5 Å². The first-order valence-corrected chi connectivity index (χ1v) is 12.5. The predicted octanol–water partition coefficient (Wildman–Crippen LogP) is 1.32. The number of hydrogen-bond donors (Lipinski definition) is 1. The van der Waals surface area contributed by atoms with Crippen molar-refractivity contribution in [1.29, 1.82) is 0 Å². The van der Waals surface area contributed by atoms with Crippen molar-refractivity contribution in [1.82, 2.24) is 4.90 Å². The Hall–Kier alpha value is -1.45. The molecule has 2 aliphatic rings. The van der Waals surface area contributed by atoms with E-state index in [9.17, 15) is 21.6 Å². The fourth-order valence-electron chi connectivity index (χ4n) is 3.90. The lowest BCUT2D eigenvalue weighted by atomic mass is 9.98. The van der Waals surface area contributed by atoms with Gasteiger partial charge in [0.2, 0.25) is 5.91 Å². The molecule has 2 aliphatic heterocycles. The van der Waals surface area contributed by atoms with Crippen molar-refractivity contribution in [3.05, 3.63) is 24.3 Å². The van der Waals surface area contributed by atoms with Crippen LogP contribution in [0.25, 0.3) is 0 Å². The molecule has 9 heteroatoms. The summed E-state index contributed by atoms with van der Waals surface area (Å²) in [5.74, 6) is -0.100. The first kappa shape index (κ1) is 20.3. The van der Waals surface area contributed by atoms with Crippen LogP contribution in [0.3, 0.4) is 0 Å². The van der Waals surface area contributed by atoms with E-state index >= 15 is 0 Å². The van der Waals surface area contributed by atoms with Crippen molar-refractivity contribution < 1.29 is 21.6 Å². The maximum absolute atomic E-state index is 13.2. The molecule has 1 aromatic carbocycles. The summed E-state index contributed by atoms with van der Waals surface area (Å²) in [4.78, 5) is 13.2. The molecule has 1 aromatic rings. The highest BCUT2D eigenvalue weighted by Crippen LogP contribution is 2.31. The SMILES string of the molecule is CC(=O)Nc1ccc(S(=O)(=O)[C@H]2CS(=O)(=O)C[C@@H]2N2CCC(C)CC2)cc1. The molecule has 150 valence electrons. The molecule has 3 rings (SSSR count). The average Bonchev–Trinajstić information content (AvgIpc) is 2.92. The molecular weight excluding hydrogens is 388 g/mol. The molecule has 0 saturated carbocycles. The molecule has 2 heterocycles. The number of nitrogens with one attached hydrogen (secondary N) is 1. The van der Waals surface area contributed by atoms with Crippen molar-refractivity contribution >= 4 is 31.3 Å². The monoisotopic (exact) mass is 414 g/mol. The van der Waals surface area contributed by atoms with Gasteiger partial charge in [-0.15, -0.1) is 0 Å². The van der Waals surface area contributed by atoms with E-state index in [2.05, 4.69) is 12.2 Å². The second-order valence-electron chi connectivity index (χ2n) is 7.65. The number of anilines is 1. The predicted molar refractivity (Wildman–Crippen MR) is 104 cm³/mol. The highest BCUT2D eigenvalue weighted by molar-refractivity contribution is 7.96. The maximum atomic E-state index is 13.2. The number of carbonyl (C=O) groups excluding carboxylic acids is 1. The van der Waals surface area contributed by atoms with Gasteiger partial charge in [0, 0.05) is 18.7 Å². The van der Waals surface area contributed by atoms with E-state index in [1.165, 1.54) is 31.2 Å². The van der Waals surface area contributed by atoms with Crippen molar-refractivity contribution in [3.63, 3.8) is 0 Å². The minimum atomic E-state index is -3.80. The molecule has 2 atom stereocenters. The van der Waals surface area contributed by atoms with Gasteiger partial charge in [0.05, 0.1) is 21.7 Å². The zero-order chi connectivity index (χ0) is 19.8. The molecule has 0 radical (unpaired) electrons. The van der Waals surface area contributed by atoms with Crippen LogP contribution in [0.5, 0.6) is 0 Å². The molecule has 0 unspecified atom stereocenters. The van der Waals surface area contributed by atoms with Gasteiger partial charge in [-0.2, -0.15) is 0 Å². The molecule has 1 amide bonds. The highest BCUT2D eigenvalue weighted by atomic mass is 32.2. The minimum absolute atomic E-state index is 0.0917. The Bertz CT molecular complexity index is 902. The zero-order valence-electron chi connectivity index (χ0n) is 15.6. The number of rotatable bonds is 4. The van der Waals surface area contributed by atoms with E-state index in [1.807, 2.05) is 4.90 Å². The van der Waals surface area contributed by atoms with Gasteiger partial charge in [0.15, 0.2) is 19.7 Å². The molecule has 1 N–H and O–H groups in total. The maximum Gasteiger partial charge on any atom is 0.221 e. The van der Waals surface area contributed by atoms with Gasteiger partial charge < -0.3 is 5.32 Å². The number of sulfone groups is 2. The van der Waals surface area contributed by atoms with E-state index in [4.69, 9.17) is 0 Å². The second-order valence-corrected chi connectivity index (χ2v) is 12.0. The summed E-state index contributed by atoms with van der Waals surface area (Å²) in [5.41, 5.74) is 0.502. The number of hydrogen-bond acceptors (Lipinski definition) is 6. The molecule has 2 saturated heterocycles. The molecule has 0 bridgehead atoms. The van der Waals surface area contributed by atoms with Crippen LogP contribution in [-0.4, -0.2) is 63.5 Å². The molecule has 2 fully saturated rings. The van der Waals surface area contributed by atoms with Gasteiger partial charge in [-0.05, 0) is 56.1 Å². The van der Waals surface area contributed by atoms with Crippen LogP contribution in [0.4, 0.5) is 5.69 Å². The Balaban J connectivity index is 1.87. The zero-order valence-corrected chi connectivity index (χ0v) is 17.2. The van der Waals surface area contributed by atoms with Gasteiger partial charge in [0.1, 0.15) is 0 Å². The Morgan fingerprint density at radius 3 is 2.26 bits per heavy atom. The molecular formula is C18H26N2O5S2. The smallest absolute Gasteiger partial charge is 0.221 e. The molecule has 7 nitrogen and oxygen atoms in total. The van der Waals surface area contributed by atoms with E-state index in [0.29, 0.717) is 11.6 Å². The number of amides is 1. The lowest BCUT2D eigenvalue weighted by molar-refractivity contribution is -0.114. The number of piperidine rings is 1. The minimum Gasteiger partial charge on any atom is -0.326 e. The summed E-state index contributed by atoms with van der Waals surface area (Å²) in [6, 6.07) is 5.41. The summed E-state index contributed by atoms with van der Waals surface area (Å²) >= 11 is 0. The first-order chi connectivity index (χ1) is 12.6. The Kier molecular flexibility index (Phi) is 5.65. The van der Waals surface area contributed by atoms with Gasteiger partial charge in [-0.3, -0.25) is 9.69 Å². The lowest BCUT2D eigenvalue weighted by Gasteiger charge is -2.36. The average molecular weight is 415 g/mol. The van der Waals surface area contributed by atoms with Crippen molar-refractivity contribution in [2.75, 3.05) is 29.9 Å². The summed E-state index contributed by atoms with van der Waals surface area (Å²) in [7, 11) is -7.20. The van der Waals surface area contributed by atoms with Gasteiger partial charge in [-0.1, -0.05) is 6.92 Å². The normalized spacial score (nSPS) is 26.7. The van der Waals surface area contributed by atoms with Crippen molar-refractivity contribution in [2.24, 2.45) is 5.92 Å². The standard InChI is InChI=1S/C18H26N2O5S2/c1-13-7-9-20(10-8-13)17-11-26(22,23)12-18(17)27(24,25)16-5-3-15(4-6-16)19-14(2)21/h3-6,13,17-18H,7-12H2,1-2H3,(H,19,21)/t17-,18-/m0/s1. The molecule has 27 heavy (non-hydrogen) atoms. The van der Waals surface area contributed by atoms with E-state index in [1.54, 1.807) is 0 Å². The van der Waals surface area contributed by atoms with Gasteiger partial charge >= 0.3 is 0 Å². The fraction of sp³-hybridized carbons (Fsp3) is 0.611. The van der Waals surface area contributed by atoms with Crippen LogP contribution in [0.2, 0.25) is 0 Å². The first-order valence-electron chi connectivity index (χ1n) is 9.14. The molecule has 0 spiro atoms. The summed E-state index contributed by atoms with van der Waals surface area (Å²) in [6.45, 7) is 5.00. The summed E-state index contributed by atoms with van der Waals surface area (Å²) in [5, 5.41) is 1.64. The second kappa shape index (κ2) is 7.52. The third kappa shape index (κ3) is 4.52. The van der Waals surface area contributed by atoms with Crippen LogP contribution in [0.15, 0.2) is 29.2 Å². The van der Waals surface area contributed by atoms with Crippen molar-refractivity contribution in [2.45, 2.75) is 42.9 Å². The van der Waals surface area contributed by atoms with Crippen molar-refractivity contribution in [3.8, 4) is 0 Å². The summed E-state index contributed by atoms with van der Waals surface area (Å²) in [6.07, 6.45) is 1.91. The number of carbonyl (C=O) groups is 1. The van der Waals surface area contributed by atoms with Gasteiger partial charge in [0.25, 0.3) is 0 Å². The number of benzene rings is 1. The fourth-order valence-corrected chi connectivity index (χ4v) is 8.73. The van der Waals surface area contributed by atoms with E-state index in [-0.39, 0.29) is 22.3 Å². The molecule has 0 aliphatic carbocycles. The number of likely N-dealkylation sites (tertiary alicyclic amines) is 1. The number of nitrogens with zero attached hydrogens (tertiary/aromatic N) is 1. The van der Waals surface area contributed by atoms with Crippen LogP contribution in [0.1, 0.15) is 26.7 Å². The van der Waals surface area contributed by atoms with Crippen LogP contribution in [0, 0.1) is 5.92 Å². The lowest BCUT2D eigenvalue weighted by Crippen LogP contribution is -2.49. The molecule has 0 aromatic heterocycles. The Morgan fingerprint density at radius 1 is 1.11 bits per heavy atom. The Morgan fingerprint density at radius 2 is 1.70 bits per heavy atom. The quantitative estimate of drug-likeness (QED) is 0.797. The summed E-state index contributed by atoms with van der Waals surface area (Å²) < 4.78 is 50.9. The largest absolute Gasteiger partial charge is 0.326 e. The topological polar surface area (TPSA) is 101 Å². The van der Waals surface area contributed by atoms with Crippen LogP contribution >= 0.6 is 0 Å². The van der Waals surface area contributed by atoms with E-state index < -0.39 is 31.0 Å². The third-order valence-electron chi connectivity index (χ3n) is 5.46.